The zero-order valence-corrected chi connectivity index (χ0v) is 56.7. The molecule has 16 aromatic carbocycles. The summed E-state index contributed by atoms with van der Waals surface area (Å²) in [7, 11) is 0. The van der Waals surface area contributed by atoms with Gasteiger partial charge >= 0.3 is 0 Å². The summed E-state index contributed by atoms with van der Waals surface area (Å²) in [4.78, 5) is 5.40. The first-order valence-electron chi connectivity index (χ1n) is 34.9. The Bertz CT molecular complexity index is 5570. The number of fused-ring (bicyclic) bond motifs is 4. The average molecular weight is 1270 g/mol. The molecule has 0 amide bonds. The second-order valence-corrected chi connectivity index (χ2v) is 29.2. The second kappa shape index (κ2) is 23.5. The van der Waals surface area contributed by atoms with Gasteiger partial charge in [0.15, 0.2) is 0 Å². The van der Waals surface area contributed by atoms with Crippen molar-refractivity contribution in [1.82, 2.24) is 0 Å². The van der Waals surface area contributed by atoms with Gasteiger partial charge in [-0.05, 0) is 198 Å². The number of benzene rings is 16. The lowest BCUT2D eigenvalue weighted by molar-refractivity contribution is 0.590. The molecule has 0 spiro atoms. The van der Waals surface area contributed by atoms with Gasteiger partial charge in [-0.15, -0.1) is 0 Å². The highest BCUT2D eigenvalue weighted by molar-refractivity contribution is 7.00. The van der Waals surface area contributed by atoms with E-state index in [0.717, 1.165) is 89.8 Å². The van der Waals surface area contributed by atoms with E-state index in [0.29, 0.717) is 0 Å². The maximum absolute atomic E-state index is 2.70. The predicted molar refractivity (Wildman–Crippen MR) is 425 cm³/mol. The normalized spacial score (nSPS) is 12.7. The Morgan fingerprint density at radius 3 is 0.818 bits per heavy atom. The third-order valence-electron chi connectivity index (χ3n) is 21.0. The van der Waals surface area contributed by atoms with E-state index in [4.69, 9.17) is 0 Å². The summed E-state index contributed by atoms with van der Waals surface area (Å²) in [6.45, 7) is 13.9. The first kappa shape index (κ1) is 59.7. The van der Waals surface area contributed by atoms with Crippen LogP contribution in [0.4, 0.5) is 34.1 Å². The van der Waals surface area contributed by atoms with Crippen LogP contribution < -0.4 is 26.2 Å². The summed E-state index contributed by atoms with van der Waals surface area (Å²) in [6.07, 6.45) is 0. The van der Waals surface area contributed by atoms with Crippen molar-refractivity contribution in [3.8, 4) is 89.0 Å². The van der Waals surface area contributed by atoms with Crippen molar-refractivity contribution in [2.24, 2.45) is 0 Å². The largest absolute Gasteiger partial charge is 0.310 e. The van der Waals surface area contributed by atoms with Gasteiger partial charge in [0.1, 0.15) is 0 Å². The first-order valence-corrected chi connectivity index (χ1v) is 34.9. The molecule has 0 N–H and O–H groups in total. The van der Waals surface area contributed by atoms with E-state index in [1.165, 1.54) is 93.2 Å². The highest BCUT2D eigenvalue weighted by atomic mass is 15.2. The molecular weight excluding hydrogens is 1190 g/mol. The van der Waals surface area contributed by atoms with Crippen molar-refractivity contribution in [1.29, 1.82) is 0 Å². The third kappa shape index (κ3) is 10.3. The quantitative estimate of drug-likeness (QED) is 0.0995. The maximum atomic E-state index is 2.70. The minimum absolute atomic E-state index is 0.0260. The van der Waals surface area contributed by atoms with Gasteiger partial charge in [-0.2, -0.15) is 0 Å². The molecule has 16 aromatic rings. The van der Waals surface area contributed by atoms with Crippen LogP contribution in [0.2, 0.25) is 0 Å². The van der Waals surface area contributed by atoms with E-state index in [-0.39, 0.29) is 17.5 Å². The Morgan fingerprint density at radius 2 is 0.495 bits per heavy atom. The molecule has 0 atom stereocenters. The topological polar surface area (TPSA) is 6.48 Å². The van der Waals surface area contributed by atoms with Gasteiger partial charge in [0.25, 0.3) is 6.71 Å². The monoisotopic (exact) mass is 1260 g/mol. The molecule has 18 rings (SSSR count). The summed E-state index contributed by atoms with van der Waals surface area (Å²) in [5.41, 5.74) is 31.5. The number of nitrogens with zero attached hydrogens (tertiary/aromatic N) is 2. The minimum Gasteiger partial charge on any atom is -0.310 e. The van der Waals surface area contributed by atoms with Gasteiger partial charge in [-0.3, -0.25) is 0 Å². The number of rotatable bonds is 10. The van der Waals surface area contributed by atoms with E-state index in [2.05, 4.69) is 385 Å². The fraction of sp³-hybridized carbons (Fsp3) is 0.0833. The summed E-state index contributed by atoms with van der Waals surface area (Å²) >= 11 is 0. The van der Waals surface area contributed by atoms with Crippen LogP contribution >= 0.6 is 0 Å². The van der Waals surface area contributed by atoms with Crippen LogP contribution in [0.25, 0.3) is 121 Å². The summed E-state index contributed by atoms with van der Waals surface area (Å²) in [5, 5.41) is 7.74. The van der Waals surface area contributed by atoms with Crippen LogP contribution in [-0.2, 0) is 10.8 Å². The van der Waals surface area contributed by atoms with E-state index in [9.17, 15) is 0 Å². The van der Waals surface area contributed by atoms with E-state index < -0.39 is 0 Å². The van der Waals surface area contributed by atoms with Gasteiger partial charge in [0.05, 0.1) is 11.4 Å². The van der Waals surface area contributed by atoms with E-state index >= 15 is 0 Å². The molecule has 0 bridgehead atoms. The molecule has 0 radical (unpaired) electrons. The number of hydrogen-bond acceptors (Lipinski definition) is 2. The molecule has 3 heteroatoms. The van der Waals surface area contributed by atoms with Gasteiger partial charge in [-0.25, -0.2) is 0 Å². The lowest BCUT2D eigenvalue weighted by atomic mass is 9.33. The molecule has 470 valence electrons. The Balaban J connectivity index is 0.995. The van der Waals surface area contributed by atoms with Crippen molar-refractivity contribution < 1.29 is 0 Å². The molecule has 0 aliphatic carbocycles. The molecule has 2 aliphatic rings. The zero-order valence-electron chi connectivity index (χ0n) is 56.7. The fourth-order valence-corrected chi connectivity index (χ4v) is 16.0. The molecule has 0 fully saturated rings. The highest BCUT2D eigenvalue weighted by Gasteiger charge is 2.46. The number of anilines is 6. The van der Waals surface area contributed by atoms with Crippen molar-refractivity contribution >= 4 is 89.5 Å². The Morgan fingerprint density at radius 1 is 0.222 bits per heavy atom. The molecule has 0 unspecified atom stereocenters. The molecule has 2 aliphatic heterocycles. The highest BCUT2D eigenvalue weighted by Crippen LogP contribution is 2.56. The Hall–Kier alpha value is -11.8. The first-order chi connectivity index (χ1) is 48.4. The van der Waals surface area contributed by atoms with Gasteiger partial charge in [0.2, 0.25) is 0 Å². The van der Waals surface area contributed by atoms with Crippen LogP contribution in [-0.4, -0.2) is 6.71 Å². The van der Waals surface area contributed by atoms with Crippen molar-refractivity contribution in [2.75, 3.05) is 9.80 Å². The Labute approximate surface area is 581 Å². The molecule has 0 aromatic heterocycles. The van der Waals surface area contributed by atoms with Gasteiger partial charge < -0.3 is 9.80 Å². The molecule has 2 heterocycles. The maximum Gasteiger partial charge on any atom is 0.252 e. The molecule has 0 saturated carbocycles. The average Bonchev–Trinajstić information content (AvgIpc) is 0.687. The van der Waals surface area contributed by atoms with E-state index in [1.54, 1.807) is 0 Å². The lowest BCUT2D eigenvalue weighted by Crippen LogP contribution is -2.61. The van der Waals surface area contributed by atoms with Crippen LogP contribution in [0.5, 0.6) is 0 Å². The fourth-order valence-electron chi connectivity index (χ4n) is 16.0. The lowest BCUT2D eigenvalue weighted by Gasteiger charge is -2.46. The Kier molecular flexibility index (Phi) is 14.2. The molecule has 0 saturated heterocycles. The van der Waals surface area contributed by atoms with Crippen LogP contribution in [0, 0.1) is 0 Å². The van der Waals surface area contributed by atoms with Crippen molar-refractivity contribution in [2.45, 2.75) is 52.4 Å². The molecule has 2 nitrogen and oxygen atoms in total. The van der Waals surface area contributed by atoms with Crippen LogP contribution in [0.1, 0.15) is 52.7 Å². The molecule has 99 heavy (non-hydrogen) atoms. The third-order valence-corrected chi connectivity index (χ3v) is 21.0. The standard InChI is InChI=1S/C96H73BN2/c1-95(2,3)78-52-73-44-42-71-50-75(51-72-43-45-74(53-78)91(73)90(71)72)70-47-49-87-85(59-70)97-84-58-69(62-28-14-7-15-29-62)46-48-86(84)98(93-80(65-34-20-10-21-35-65)54-76(63-30-16-8-17-31-63)55-81(93)66-36-22-11-23-37-66)88-60-79(96(4,5)6)61-89(92(88)97)99(87)94-82(67-38-24-12-25-39-67)56-77(64-32-18-9-19-33-64)57-83(94)68-40-26-13-27-41-68/h7-61H,1-6H3. The minimum atomic E-state index is -0.297. The van der Waals surface area contributed by atoms with Crippen molar-refractivity contribution in [3.63, 3.8) is 0 Å². The smallest absolute Gasteiger partial charge is 0.252 e. The summed E-state index contributed by atoms with van der Waals surface area (Å²) < 4.78 is 0. The second-order valence-electron chi connectivity index (χ2n) is 29.2. The van der Waals surface area contributed by atoms with Crippen LogP contribution in [0.15, 0.2) is 334 Å². The summed E-state index contributed by atoms with van der Waals surface area (Å²) in [5.74, 6) is 0. The summed E-state index contributed by atoms with van der Waals surface area (Å²) in [6, 6.07) is 126. The van der Waals surface area contributed by atoms with Crippen LogP contribution in [0.3, 0.4) is 0 Å². The molecular formula is C96H73BN2. The predicted octanol–water partition coefficient (Wildman–Crippen LogP) is 24.6. The van der Waals surface area contributed by atoms with E-state index in [1.807, 2.05) is 0 Å². The SMILES string of the molecule is CC(C)(C)c1cc2c3c(c1)N(c1c(-c4ccccc4)cc(-c4ccccc4)cc1-c1ccccc1)c1ccc(-c4cc5ccc6cc(C(C)(C)C)cc7ccc(c4)c5c67)cc1B3c1cc(-c3ccccc3)ccc1N2c1c(-c2ccccc2)cc(-c2ccccc2)cc1-c1ccccc1. The number of hydrogen-bond donors (Lipinski definition) is 0. The van der Waals surface area contributed by atoms with Gasteiger partial charge in [-0.1, -0.05) is 315 Å². The van der Waals surface area contributed by atoms with Crippen molar-refractivity contribution in [3.05, 3.63) is 345 Å². The zero-order chi connectivity index (χ0) is 66.7. The van der Waals surface area contributed by atoms with Gasteiger partial charge in [0, 0.05) is 45.0 Å².